The molecule has 3 N–H and O–H groups in total. The number of aliphatic imine (C=N–C) groups is 1. The minimum atomic E-state index is 0. The molecule has 26 heavy (non-hydrogen) atoms. The number of hydrogen-bond acceptors (Lipinski definition) is 2. The molecule has 0 heterocycles. The first-order valence-corrected chi connectivity index (χ1v) is 9.37. The van der Waals surface area contributed by atoms with Crippen LogP contribution in [0, 0.1) is 0 Å². The minimum absolute atomic E-state index is 0. The van der Waals surface area contributed by atoms with E-state index in [4.69, 9.17) is 0 Å². The molecule has 2 aromatic carbocycles. The summed E-state index contributed by atoms with van der Waals surface area (Å²) in [5.41, 5.74) is 2.45. The summed E-state index contributed by atoms with van der Waals surface area (Å²) in [6.07, 6.45) is 2.05. The summed E-state index contributed by atoms with van der Waals surface area (Å²) in [6, 6.07) is 18.4. The molecule has 0 radical (unpaired) electrons. The fourth-order valence-electron chi connectivity index (χ4n) is 2.65. The van der Waals surface area contributed by atoms with Gasteiger partial charge in [-0.15, -0.1) is 24.0 Å². The molecule has 2 rings (SSSR count). The zero-order valence-corrected chi connectivity index (χ0v) is 18.9. The maximum atomic E-state index is 9.62. The van der Waals surface area contributed by atoms with Crippen LogP contribution >= 0.6 is 39.9 Å². The Morgan fingerprint density at radius 2 is 1.88 bits per heavy atom. The van der Waals surface area contributed by atoms with Crippen LogP contribution in [0.4, 0.5) is 0 Å². The molecular weight excluding hydrogens is 505 g/mol. The average molecular weight is 532 g/mol. The van der Waals surface area contributed by atoms with Crippen LogP contribution in [0.1, 0.15) is 23.5 Å². The van der Waals surface area contributed by atoms with Crippen molar-refractivity contribution in [1.29, 1.82) is 0 Å². The molecule has 4 nitrogen and oxygen atoms in total. The molecule has 0 aliphatic heterocycles. The zero-order chi connectivity index (χ0) is 17.9. The van der Waals surface area contributed by atoms with Gasteiger partial charge < -0.3 is 15.7 Å². The number of aliphatic hydroxyl groups excluding tert-OH is 1. The smallest absolute Gasteiger partial charge is 0.190 e. The van der Waals surface area contributed by atoms with Crippen LogP contribution in [-0.2, 0) is 6.42 Å². The van der Waals surface area contributed by atoms with Crippen molar-refractivity contribution in [2.45, 2.75) is 18.8 Å². The molecule has 142 valence electrons. The molecular formula is C20H27BrIN3O. The topological polar surface area (TPSA) is 56.7 Å². The Balaban J connectivity index is 0.00000338. The van der Waals surface area contributed by atoms with Gasteiger partial charge in [-0.05, 0) is 36.1 Å². The van der Waals surface area contributed by atoms with Crippen molar-refractivity contribution in [3.05, 3.63) is 70.2 Å². The molecule has 0 saturated heterocycles. The number of hydrogen-bond donors (Lipinski definition) is 3. The lowest BCUT2D eigenvalue weighted by atomic mass is 10.0. The van der Waals surface area contributed by atoms with Crippen molar-refractivity contribution in [3.8, 4) is 0 Å². The monoisotopic (exact) mass is 531 g/mol. The van der Waals surface area contributed by atoms with E-state index in [9.17, 15) is 5.11 Å². The van der Waals surface area contributed by atoms with Gasteiger partial charge in [-0.2, -0.15) is 0 Å². The van der Waals surface area contributed by atoms with Crippen molar-refractivity contribution in [2.75, 3.05) is 26.7 Å². The van der Waals surface area contributed by atoms with Crippen molar-refractivity contribution in [3.63, 3.8) is 0 Å². The summed E-state index contributed by atoms with van der Waals surface area (Å²) in [5, 5.41) is 16.3. The summed E-state index contributed by atoms with van der Waals surface area (Å²) in [4.78, 5) is 4.25. The highest BCUT2D eigenvalue weighted by atomic mass is 127. The number of nitrogens with one attached hydrogen (secondary N) is 2. The zero-order valence-electron chi connectivity index (χ0n) is 15.0. The Kier molecular flexibility index (Phi) is 11.6. The van der Waals surface area contributed by atoms with E-state index in [2.05, 4.69) is 49.8 Å². The first kappa shape index (κ1) is 22.9. The van der Waals surface area contributed by atoms with E-state index >= 15 is 0 Å². The first-order valence-electron chi connectivity index (χ1n) is 8.57. The van der Waals surface area contributed by atoms with E-state index in [-0.39, 0.29) is 36.5 Å². The fraction of sp³-hybridized carbons (Fsp3) is 0.350. The fourth-order valence-corrected chi connectivity index (χ4v) is 3.09. The van der Waals surface area contributed by atoms with Crippen LogP contribution in [-0.4, -0.2) is 37.8 Å². The second-order valence-electron chi connectivity index (χ2n) is 5.90. The van der Waals surface area contributed by atoms with E-state index in [1.165, 1.54) is 5.56 Å². The molecule has 0 amide bonds. The molecule has 6 heteroatoms. The maximum absolute atomic E-state index is 9.62. The van der Waals surface area contributed by atoms with Gasteiger partial charge in [0, 0.05) is 30.5 Å². The van der Waals surface area contributed by atoms with Crippen LogP contribution < -0.4 is 10.6 Å². The number of aryl methyl sites for hydroxylation is 1. The number of nitrogens with zero attached hydrogens (tertiary/aromatic N) is 1. The Labute approximate surface area is 181 Å². The molecule has 0 aliphatic rings. The van der Waals surface area contributed by atoms with Crippen molar-refractivity contribution >= 4 is 45.9 Å². The van der Waals surface area contributed by atoms with E-state index in [1.807, 2.05) is 36.4 Å². The van der Waals surface area contributed by atoms with Crippen LogP contribution in [0.5, 0.6) is 0 Å². The van der Waals surface area contributed by atoms with Crippen molar-refractivity contribution in [2.24, 2.45) is 4.99 Å². The molecule has 1 atom stereocenters. The standard InChI is InChI=1S/C20H26BrN3O.HI/c1-22-20(23-12-6-8-16-7-5-11-19(21)13-16)24-14-18(15-25)17-9-3-2-4-10-17;/h2-5,7,9-11,13,18,25H,6,8,12,14-15H2,1H3,(H2,22,23,24);1H. The summed E-state index contributed by atoms with van der Waals surface area (Å²) in [7, 11) is 1.76. The lowest BCUT2D eigenvalue weighted by molar-refractivity contribution is 0.265. The Bertz CT molecular complexity index is 667. The molecule has 0 aliphatic carbocycles. The van der Waals surface area contributed by atoms with Crippen LogP contribution in [0.25, 0.3) is 0 Å². The lowest BCUT2D eigenvalue weighted by Gasteiger charge is -2.18. The molecule has 0 aromatic heterocycles. The lowest BCUT2D eigenvalue weighted by Crippen LogP contribution is -2.40. The summed E-state index contributed by atoms with van der Waals surface area (Å²) < 4.78 is 1.12. The number of halogens is 2. The number of aliphatic hydroxyl groups is 1. The maximum Gasteiger partial charge on any atom is 0.190 e. The van der Waals surface area contributed by atoms with Gasteiger partial charge in [0.05, 0.1) is 6.61 Å². The molecule has 0 fully saturated rings. The van der Waals surface area contributed by atoms with Gasteiger partial charge in [-0.3, -0.25) is 4.99 Å². The molecule has 0 saturated carbocycles. The molecule has 0 bridgehead atoms. The van der Waals surface area contributed by atoms with E-state index in [1.54, 1.807) is 7.05 Å². The van der Waals surface area contributed by atoms with Gasteiger partial charge in [0.2, 0.25) is 0 Å². The summed E-state index contributed by atoms with van der Waals surface area (Å²) in [5.74, 6) is 0.824. The highest BCUT2D eigenvalue weighted by Gasteiger charge is 2.10. The largest absolute Gasteiger partial charge is 0.396 e. The predicted molar refractivity (Wildman–Crippen MR) is 124 cm³/mol. The van der Waals surface area contributed by atoms with E-state index in [0.717, 1.165) is 35.4 Å². The van der Waals surface area contributed by atoms with Crippen LogP contribution in [0.2, 0.25) is 0 Å². The third-order valence-corrected chi connectivity index (χ3v) is 4.55. The molecule has 2 aromatic rings. The van der Waals surface area contributed by atoms with Gasteiger partial charge >= 0.3 is 0 Å². The average Bonchev–Trinajstić information content (AvgIpc) is 2.65. The third-order valence-electron chi connectivity index (χ3n) is 4.05. The van der Waals surface area contributed by atoms with Crippen molar-refractivity contribution in [1.82, 2.24) is 10.6 Å². The van der Waals surface area contributed by atoms with Gasteiger partial charge in [0.1, 0.15) is 0 Å². The highest BCUT2D eigenvalue weighted by molar-refractivity contribution is 14.0. The predicted octanol–water partition coefficient (Wildman–Crippen LogP) is 3.94. The van der Waals surface area contributed by atoms with Gasteiger partial charge in [-0.25, -0.2) is 0 Å². The Morgan fingerprint density at radius 1 is 1.12 bits per heavy atom. The quantitative estimate of drug-likeness (QED) is 0.209. The number of rotatable bonds is 8. The highest BCUT2D eigenvalue weighted by Crippen LogP contribution is 2.14. The normalized spacial score (nSPS) is 12.2. The molecule has 0 spiro atoms. The summed E-state index contributed by atoms with van der Waals surface area (Å²) >= 11 is 3.50. The number of benzene rings is 2. The van der Waals surface area contributed by atoms with E-state index in [0.29, 0.717) is 6.54 Å². The number of guanidine groups is 1. The minimum Gasteiger partial charge on any atom is -0.396 e. The first-order chi connectivity index (χ1) is 12.2. The van der Waals surface area contributed by atoms with Gasteiger partial charge in [0.15, 0.2) is 5.96 Å². The SMILES string of the molecule is CN=C(NCCCc1cccc(Br)c1)NCC(CO)c1ccccc1.I. The summed E-state index contributed by atoms with van der Waals surface area (Å²) in [6.45, 7) is 1.60. The second-order valence-corrected chi connectivity index (χ2v) is 6.82. The molecule has 1 unspecified atom stereocenters. The van der Waals surface area contributed by atoms with Crippen molar-refractivity contribution < 1.29 is 5.11 Å². The van der Waals surface area contributed by atoms with E-state index < -0.39 is 0 Å². The van der Waals surface area contributed by atoms with Crippen LogP contribution in [0.15, 0.2) is 64.1 Å². The second kappa shape index (κ2) is 13.1. The van der Waals surface area contributed by atoms with Gasteiger partial charge in [-0.1, -0.05) is 58.4 Å². The Hall–Kier alpha value is -1.12. The van der Waals surface area contributed by atoms with Gasteiger partial charge in [0.25, 0.3) is 0 Å². The third kappa shape index (κ3) is 8.05. The Morgan fingerprint density at radius 3 is 2.54 bits per heavy atom. The van der Waals surface area contributed by atoms with Crippen LogP contribution in [0.3, 0.4) is 0 Å².